The highest BCUT2D eigenvalue weighted by molar-refractivity contribution is 8.19. The van der Waals surface area contributed by atoms with Gasteiger partial charge in [0.05, 0.1) is 29.1 Å². The number of carbonyl (C=O) groups excluding carboxylic acids is 2. The van der Waals surface area contributed by atoms with E-state index in [4.69, 9.17) is 21.4 Å². The van der Waals surface area contributed by atoms with Crippen molar-refractivity contribution >= 4 is 46.3 Å². The maximum atomic E-state index is 13.2. The van der Waals surface area contributed by atoms with Crippen molar-refractivity contribution in [3.05, 3.63) is 101 Å². The van der Waals surface area contributed by atoms with Gasteiger partial charge in [0.15, 0.2) is 0 Å². The van der Waals surface area contributed by atoms with Crippen molar-refractivity contribution in [1.29, 1.82) is 0 Å². The lowest BCUT2D eigenvalue weighted by Gasteiger charge is -2.12. The first kappa shape index (κ1) is 22.0. The highest BCUT2D eigenvalue weighted by Gasteiger charge is 2.36. The molecule has 0 atom stereocenters. The molecule has 6 nitrogen and oxygen atoms in total. The number of anilines is 1. The maximum absolute atomic E-state index is 13.2. The summed E-state index contributed by atoms with van der Waals surface area (Å²) in [5.41, 5.74) is 3.57. The third-order valence-corrected chi connectivity index (χ3v) is 6.38. The van der Waals surface area contributed by atoms with Gasteiger partial charge in [-0.1, -0.05) is 35.9 Å². The molecule has 0 unspecified atom stereocenters. The summed E-state index contributed by atoms with van der Waals surface area (Å²) in [6, 6.07) is 23.9. The number of hydrogen-bond acceptors (Lipinski definition) is 5. The molecule has 8 heteroatoms. The van der Waals surface area contributed by atoms with E-state index in [0.717, 1.165) is 33.7 Å². The van der Waals surface area contributed by atoms with Crippen LogP contribution in [0.25, 0.3) is 23.0 Å². The first-order valence-corrected chi connectivity index (χ1v) is 11.6. The predicted molar refractivity (Wildman–Crippen MR) is 135 cm³/mol. The molecule has 4 aromatic rings. The van der Waals surface area contributed by atoms with Gasteiger partial charge in [-0.15, -0.1) is 0 Å². The van der Waals surface area contributed by atoms with E-state index in [2.05, 4.69) is 0 Å². The molecule has 0 N–H and O–H groups in total. The van der Waals surface area contributed by atoms with Crippen molar-refractivity contribution < 1.29 is 14.3 Å². The normalized spacial score (nSPS) is 14.8. The number of ether oxygens (including phenoxy) is 1. The zero-order valence-electron chi connectivity index (χ0n) is 18.0. The van der Waals surface area contributed by atoms with Gasteiger partial charge in [-0.05, 0) is 72.4 Å². The molecule has 1 aliphatic rings. The molecule has 1 fully saturated rings. The third-order valence-electron chi connectivity index (χ3n) is 5.27. The van der Waals surface area contributed by atoms with Crippen LogP contribution in [-0.4, -0.2) is 28.0 Å². The Hall–Kier alpha value is -3.81. The molecule has 0 aliphatic carbocycles. The van der Waals surface area contributed by atoms with Gasteiger partial charge in [0.2, 0.25) is 0 Å². The highest BCUT2D eigenvalue weighted by atomic mass is 35.5. The standard InChI is InChI=1S/C26H18ClN3O3S/c1-33-22-12-10-17(11-13-22)24-18(16-29(28-24)20-7-3-2-4-8-20)14-23-25(31)30(26(32)34-23)21-9-5-6-19(27)15-21/h2-16H,1H3/b23-14-. The van der Waals surface area contributed by atoms with Gasteiger partial charge in [-0.25, -0.2) is 9.58 Å². The molecule has 0 spiro atoms. The van der Waals surface area contributed by atoms with E-state index in [-0.39, 0.29) is 5.24 Å². The van der Waals surface area contributed by atoms with Crippen molar-refractivity contribution in [1.82, 2.24) is 9.78 Å². The second kappa shape index (κ2) is 9.21. The molecule has 0 saturated carbocycles. The Bertz CT molecular complexity index is 1410. The van der Waals surface area contributed by atoms with Gasteiger partial charge in [-0.3, -0.25) is 9.59 Å². The zero-order chi connectivity index (χ0) is 23.7. The first-order chi connectivity index (χ1) is 16.5. The number of rotatable bonds is 5. The van der Waals surface area contributed by atoms with Gasteiger partial charge in [-0.2, -0.15) is 5.10 Å². The summed E-state index contributed by atoms with van der Waals surface area (Å²) in [6.07, 6.45) is 3.56. The van der Waals surface area contributed by atoms with Crippen molar-refractivity contribution in [3.63, 3.8) is 0 Å². The smallest absolute Gasteiger partial charge is 0.298 e. The quantitative estimate of drug-likeness (QED) is 0.303. The van der Waals surface area contributed by atoms with Gasteiger partial charge in [0, 0.05) is 22.3 Å². The number of para-hydroxylation sites is 1. The molecular weight excluding hydrogens is 470 g/mol. The van der Waals surface area contributed by atoms with Gasteiger partial charge in [0.25, 0.3) is 11.1 Å². The summed E-state index contributed by atoms with van der Waals surface area (Å²) in [5, 5.41) is 4.85. The van der Waals surface area contributed by atoms with Crippen LogP contribution < -0.4 is 9.64 Å². The van der Waals surface area contributed by atoms with Crippen molar-refractivity contribution in [3.8, 4) is 22.7 Å². The Morgan fingerprint density at radius 2 is 1.68 bits per heavy atom. The summed E-state index contributed by atoms with van der Waals surface area (Å²) >= 11 is 6.96. The minimum atomic E-state index is -0.398. The molecule has 2 amide bonds. The summed E-state index contributed by atoms with van der Waals surface area (Å²) < 4.78 is 7.02. The summed E-state index contributed by atoms with van der Waals surface area (Å²) in [6.45, 7) is 0. The number of imide groups is 1. The fraction of sp³-hybridized carbons (Fsp3) is 0.0385. The monoisotopic (exact) mass is 487 g/mol. The predicted octanol–water partition coefficient (Wildman–Crippen LogP) is 6.44. The summed E-state index contributed by atoms with van der Waals surface area (Å²) in [7, 11) is 1.61. The van der Waals surface area contributed by atoms with E-state index >= 15 is 0 Å². The van der Waals surface area contributed by atoms with Crippen LogP contribution in [0.5, 0.6) is 5.75 Å². The van der Waals surface area contributed by atoms with Crippen LogP contribution in [0.4, 0.5) is 10.5 Å². The fourth-order valence-electron chi connectivity index (χ4n) is 3.63. The Morgan fingerprint density at radius 1 is 0.941 bits per heavy atom. The average Bonchev–Trinajstić information content (AvgIpc) is 3.40. The van der Waals surface area contributed by atoms with E-state index in [0.29, 0.717) is 26.9 Å². The molecule has 3 aromatic carbocycles. The van der Waals surface area contributed by atoms with E-state index in [1.807, 2.05) is 60.8 Å². The average molecular weight is 488 g/mol. The van der Waals surface area contributed by atoms with Crippen LogP contribution in [-0.2, 0) is 4.79 Å². The van der Waals surface area contributed by atoms with E-state index in [1.165, 1.54) is 0 Å². The topological polar surface area (TPSA) is 64.4 Å². The molecule has 5 rings (SSSR count). The third kappa shape index (κ3) is 4.23. The molecule has 0 radical (unpaired) electrons. The molecule has 2 heterocycles. The number of benzene rings is 3. The highest BCUT2D eigenvalue weighted by Crippen LogP contribution is 2.38. The Morgan fingerprint density at radius 3 is 2.38 bits per heavy atom. The summed E-state index contributed by atoms with van der Waals surface area (Å²) in [5.74, 6) is 0.334. The van der Waals surface area contributed by atoms with Gasteiger partial charge in [0.1, 0.15) is 5.75 Å². The van der Waals surface area contributed by atoms with Crippen LogP contribution in [0, 0.1) is 0 Å². The Balaban J connectivity index is 1.57. The molecule has 0 bridgehead atoms. The second-order valence-electron chi connectivity index (χ2n) is 7.44. The summed E-state index contributed by atoms with van der Waals surface area (Å²) in [4.78, 5) is 27.3. The van der Waals surface area contributed by atoms with Crippen LogP contribution >= 0.6 is 23.4 Å². The van der Waals surface area contributed by atoms with E-state index < -0.39 is 5.91 Å². The van der Waals surface area contributed by atoms with Crippen LogP contribution in [0.15, 0.2) is 90.0 Å². The Kier molecular flexibility index (Phi) is 5.96. The van der Waals surface area contributed by atoms with Gasteiger partial charge < -0.3 is 4.74 Å². The van der Waals surface area contributed by atoms with Crippen molar-refractivity contribution in [2.75, 3.05) is 12.0 Å². The SMILES string of the molecule is COc1ccc(-c2nn(-c3ccccc3)cc2/C=C2\SC(=O)N(c3cccc(Cl)c3)C2=O)cc1. The number of nitrogens with zero attached hydrogens (tertiary/aromatic N) is 3. The van der Waals surface area contributed by atoms with E-state index in [1.54, 1.807) is 42.1 Å². The van der Waals surface area contributed by atoms with Crippen molar-refractivity contribution in [2.45, 2.75) is 0 Å². The maximum Gasteiger partial charge on any atom is 0.298 e. The van der Waals surface area contributed by atoms with Crippen LogP contribution in [0.1, 0.15) is 5.56 Å². The second-order valence-corrected chi connectivity index (χ2v) is 8.87. The van der Waals surface area contributed by atoms with Gasteiger partial charge >= 0.3 is 0 Å². The Labute approximate surface area is 205 Å². The first-order valence-electron chi connectivity index (χ1n) is 10.4. The lowest BCUT2D eigenvalue weighted by molar-refractivity contribution is -0.113. The number of methoxy groups -OCH3 is 1. The minimum absolute atomic E-state index is 0.312. The molecule has 168 valence electrons. The molecular formula is C26H18ClN3O3S. The largest absolute Gasteiger partial charge is 0.497 e. The number of aromatic nitrogens is 2. The number of thioether (sulfide) groups is 1. The van der Waals surface area contributed by atoms with Crippen LogP contribution in [0.3, 0.4) is 0 Å². The fourth-order valence-corrected chi connectivity index (χ4v) is 4.64. The lowest BCUT2D eigenvalue weighted by Crippen LogP contribution is -2.27. The lowest BCUT2D eigenvalue weighted by atomic mass is 10.1. The number of halogens is 1. The minimum Gasteiger partial charge on any atom is -0.497 e. The number of carbonyl (C=O) groups is 2. The molecule has 1 saturated heterocycles. The number of hydrogen-bond donors (Lipinski definition) is 0. The molecule has 1 aromatic heterocycles. The number of amides is 2. The van der Waals surface area contributed by atoms with Crippen LogP contribution in [0.2, 0.25) is 5.02 Å². The van der Waals surface area contributed by atoms with E-state index in [9.17, 15) is 9.59 Å². The molecule has 34 heavy (non-hydrogen) atoms. The van der Waals surface area contributed by atoms with Crippen molar-refractivity contribution in [2.24, 2.45) is 0 Å². The molecule has 1 aliphatic heterocycles. The zero-order valence-corrected chi connectivity index (χ0v) is 19.6.